The van der Waals surface area contributed by atoms with E-state index in [0.29, 0.717) is 19.8 Å². The smallest absolute Gasteiger partial charge is 0.438 e. The van der Waals surface area contributed by atoms with Crippen LogP contribution >= 0.6 is 0 Å². The molecule has 0 aromatic rings. The van der Waals surface area contributed by atoms with Gasteiger partial charge in [-0.2, -0.15) is 0 Å². The average Bonchev–Trinajstić information content (AvgIpc) is 3.61. The second kappa shape index (κ2) is 12.8. The Hall–Kier alpha value is -2.80. The zero-order chi connectivity index (χ0) is 22.6. The topological polar surface area (TPSA) is 220 Å². The van der Waals surface area contributed by atoms with Crippen LogP contribution in [-0.4, -0.2) is 87.4 Å². The first-order chi connectivity index (χ1) is 14.9. The van der Waals surface area contributed by atoms with Gasteiger partial charge in [0.25, 0.3) is 0 Å². The number of nitrogens with one attached hydrogen (secondary N) is 5. The second-order valence-corrected chi connectivity index (χ2v) is 5.75. The molecule has 0 aromatic heterocycles. The van der Waals surface area contributed by atoms with E-state index in [4.69, 9.17) is 18.9 Å². The van der Waals surface area contributed by atoms with Gasteiger partial charge in [-0.05, 0) is 6.92 Å². The summed E-state index contributed by atoms with van der Waals surface area (Å²) >= 11 is 0. The number of hydrogen-bond acceptors (Lipinski definition) is 15. The van der Waals surface area contributed by atoms with E-state index >= 15 is 0 Å². The summed E-state index contributed by atoms with van der Waals surface area (Å²) in [6.07, 6.45) is -7.50. The van der Waals surface area contributed by atoms with Crippen LogP contribution in [0.3, 0.4) is 0 Å². The molecule has 2 rings (SSSR count). The lowest BCUT2D eigenvalue weighted by atomic mass is 10.5. The van der Waals surface area contributed by atoms with Crippen molar-refractivity contribution in [1.29, 1.82) is 0 Å². The Morgan fingerprint density at radius 2 is 1.42 bits per heavy atom. The zero-order valence-corrected chi connectivity index (χ0v) is 16.3. The van der Waals surface area contributed by atoms with Gasteiger partial charge in [0.1, 0.15) is 38.1 Å². The molecule has 17 heteroatoms. The van der Waals surface area contributed by atoms with E-state index in [-0.39, 0.29) is 19.1 Å². The highest BCUT2D eigenvalue weighted by Gasteiger charge is 2.27. The molecule has 31 heavy (non-hydrogen) atoms. The standard InChI is InChI=1S/C14H23N5O12/c1-2-25-9(16-10-5-27-10)6-29-12(22)18-14(24)31-19-30-13(23)17-11(21)28-3-7(20)15-8-4-26-8/h7-10,15-16,19-20H,2-6H2,1H3,(H,17,21,23)(H,18,22,24). The van der Waals surface area contributed by atoms with Crippen molar-refractivity contribution in [1.82, 2.24) is 26.9 Å². The molecule has 176 valence electrons. The maximum Gasteiger partial charge on any atom is 0.438 e. The molecule has 0 aromatic carbocycles. The molecule has 2 heterocycles. The number of aliphatic hydroxyl groups excluding tert-OH is 1. The van der Waals surface area contributed by atoms with Crippen LogP contribution in [0.1, 0.15) is 6.92 Å². The van der Waals surface area contributed by atoms with Crippen molar-refractivity contribution in [2.75, 3.05) is 33.0 Å². The molecule has 17 nitrogen and oxygen atoms in total. The fraction of sp³-hybridized carbons (Fsp3) is 0.714. The molecule has 0 bridgehead atoms. The van der Waals surface area contributed by atoms with Crippen molar-refractivity contribution in [3.8, 4) is 0 Å². The van der Waals surface area contributed by atoms with Crippen molar-refractivity contribution >= 4 is 24.4 Å². The molecule has 0 spiro atoms. The van der Waals surface area contributed by atoms with Crippen LogP contribution in [0.25, 0.3) is 0 Å². The summed E-state index contributed by atoms with van der Waals surface area (Å²) in [5, 5.41) is 18.1. The molecule has 0 radical (unpaired) electrons. The van der Waals surface area contributed by atoms with Crippen molar-refractivity contribution < 1.29 is 57.6 Å². The van der Waals surface area contributed by atoms with E-state index in [1.165, 1.54) is 5.64 Å². The SMILES string of the molecule is CCOC(COC(=O)NC(=O)ONOC(=O)NC(=O)OCC(O)NC1CO1)NC1CO1. The number of alkyl carbamates (subject to hydrolysis) is 2. The third-order valence-corrected chi connectivity index (χ3v) is 3.20. The van der Waals surface area contributed by atoms with Gasteiger partial charge in [-0.3, -0.25) is 10.6 Å². The lowest BCUT2D eigenvalue weighted by molar-refractivity contribution is -0.0845. The number of amides is 4. The first kappa shape index (κ1) is 24.5. The van der Waals surface area contributed by atoms with Gasteiger partial charge < -0.3 is 38.5 Å². The summed E-state index contributed by atoms with van der Waals surface area (Å²) in [5.74, 6) is 0. The van der Waals surface area contributed by atoms with Crippen LogP contribution in [0.15, 0.2) is 0 Å². The van der Waals surface area contributed by atoms with Gasteiger partial charge in [0, 0.05) is 12.3 Å². The van der Waals surface area contributed by atoms with Crippen molar-refractivity contribution in [2.45, 2.75) is 31.8 Å². The largest absolute Gasteiger partial charge is 0.445 e. The van der Waals surface area contributed by atoms with Gasteiger partial charge >= 0.3 is 24.4 Å². The molecule has 4 unspecified atom stereocenters. The minimum atomic E-state index is -1.40. The summed E-state index contributed by atoms with van der Waals surface area (Å²) < 4.78 is 24.3. The molecule has 2 aliphatic heterocycles. The maximum atomic E-state index is 11.5. The van der Waals surface area contributed by atoms with E-state index in [9.17, 15) is 24.3 Å². The molecule has 2 saturated heterocycles. The Morgan fingerprint density at radius 3 is 1.94 bits per heavy atom. The Morgan fingerprint density at radius 1 is 0.903 bits per heavy atom. The van der Waals surface area contributed by atoms with Gasteiger partial charge in [-0.15, -0.1) is 0 Å². The van der Waals surface area contributed by atoms with Gasteiger partial charge in [-0.25, -0.2) is 29.8 Å². The van der Waals surface area contributed by atoms with E-state index in [1.807, 2.05) is 0 Å². The second-order valence-electron chi connectivity index (χ2n) is 5.75. The predicted octanol–water partition coefficient (Wildman–Crippen LogP) is -2.30. The molecule has 2 aliphatic rings. The van der Waals surface area contributed by atoms with E-state index in [1.54, 1.807) is 17.6 Å². The van der Waals surface area contributed by atoms with Crippen LogP contribution in [0.4, 0.5) is 19.2 Å². The van der Waals surface area contributed by atoms with Gasteiger partial charge in [0.05, 0.1) is 13.2 Å². The number of epoxide rings is 2. The number of rotatable bonds is 12. The molecular formula is C14H23N5O12. The maximum absolute atomic E-state index is 11.5. The lowest BCUT2D eigenvalue weighted by Gasteiger charge is -2.17. The van der Waals surface area contributed by atoms with Gasteiger partial charge in [-0.1, -0.05) is 0 Å². The highest BCUT2D eigenvalue weighted by molar-refractivity contribution is 5.88. The minimum absolute atomic E-state index is 0.183. The van der Waals surface area contributed by atoms with Gasteiger partial charge in [0.15, 0.2) is 0 Å². The fourth-order valence-corrected chi connectivity index (χ4v) is 1.80. The van der Waals surface area contributed by atoms with Crippen molar-refractivity contribution in [2.24, 2.45) is 0 Å². The lowest BCUT2D eigenvalue weighted by Crippen LogP contribution is -2.42. The Labute approximate surface area is 174 Å². The Kier molecular flexibility index (Phi) is 10.1. The molecular weight excluding hydrogens is 430 g/mol. The van der Waals surface area contributed by atoms with Crippen LogP contribution in [0, 0.1) is 0 Å². The Balaban J connectivity index is 1.50. The number of ether oxygens (including phenoxy) is 5. The van der Waals surface area contributed by atoms with Crippen LogP contribution < -0.4 is 26.9 Å². The number of hydrogen-bond donors (Lipinski definition) is 6. The number of carbonyl (C=O) groups excluding carboxylic acids is 4. The van der Waals surface area contributed by atoms with Crippen molar-refractivity contribution in [3.63, 3.8) is 0 Å². The van der Waals surface area contributed by atoms with Crippen LogP contribution in [0.5, 0.6) is 0 Å². The quantitative estimate of drug-likeness (QED) is 0.0792. The number of aliphatic hydroxyl groups is 1. The first-order valence-corrected chi connectivity index (χ1v) is 8.94. The summed E-state index contributed by atoms with van der Waals surface area (Å²) in [5.41, 5.74) is 1.44. The molecule has 6 N–H and O–H groups in total. The zero-order valence-electron chi connectivity index (χ0n) is 16.3. The van der Waals surface area contributed by atoms with E-state index in [0.717, 1.165) is 0 Å². The third kappa shape index (κ3) is 11.8. The van der Waals surface area contributed by atoms with Gasteiger partial charge in [0.2, 0.25) is 0 Å². The molecule has 2 fully saturated rings. The first-order valence-electron chi connectivity index (χ1n) is 8.94. The molecule has 0 aliphatic carbocycles. The van der Waals surface area contributed by atoms with Crippen molar-refractivity contribution in [3.05, 3.63) is 0 Å². The molecule has 0 saturated carbocycles. The fourth-order valence-electron chi connectivity index (χ4n) is 1.80. The third-order valence-electron chi connectivity index (χ3n) is 3.20. The average molecular weight is 453 g/mol. The van der Waals surface area contributed by atoms with E-state index < -0.39 is 43.4 Å². The predicted molar refractivity (Wildman–Crippen MR) is 92.2 cm³/mol. The summed E-state index contributed by atoms with van der Waals surface area (Å²) in [7, 11) is 0. The summed E-state index contributed by atoms with van der Waals surface area (Å²) in [6, 6.07) is 0. The monoisotopic (exact) mass is 453 g/mol. The summed E-state index contributed by atoms with van der Waals surface area (Å²) in [4.78, 5) is 53.8. The van der Waals surface area contributed by atoms with Crippen LogP contribution in [-0.2, 0) is 33.4 Å². The number of carbonyl (C=O) groups is 4. The number of imide groups is 2. The summed E-state index contributed by atoms with van der Waals surface area (Å²) in [6.45, 7) is 2.33. The molecule has 4 amide bonds. The highest BCUT2D eigenvalue weighted by Crippen LogP contribution is 2.06. The highest BCUT2D eigenvalue weighted by atomic mass is 16.9. The normalized spacial score (nSPS) is 20.6. The Bertz CT molecular complexity index is 629. The molecule has 4 atom stereocenters. The van der Waals surface area contributed by atoms with Crippen LogP contribution in [0.2, 0.25) is 0 Å². The minimum Gasteiger partial charge on any atom is -0.445 e. The van der Waals surface area contributed by atoms with E-state index in [2.05, 4.69) is 25.0 Å².